The minimum absolute atomic E-state index is 0. The predicted molar refractivity (Wildman–Crippen MR) is 84.8 cm³/mol. The first kappa shape index (κ1) is 11.3. The molecule has 5 heteroatoms. The fourth-order valence-corrected chi connectivity index (χ4v) is 5.06. The van der Waals surface area contributed by atoms with E-state index in [1.807, 2.05) is 12.1 Å². The Labute approximate surface area is 140 Å². The minimum atomic E-state index is -2.14. The molecule has 4 aliphatic rings. The molecule has 5 atom stereocenters. The van der Waals surface area contributed by atoms with Crippen molar-refractivity contribution in [2.24, 2.45) is 5.92 Å². The van der Waals surface area contributed by atoms with Crippen LogP contribution in [0, 0.1) is 5.92 Å². The van der Waals surface area contributed by atoms with Crippen LogP contribution in [0.25, 0.3) is 0 Å². The average Bonchev–Trinajstić information content (AvgIpc) is 2.85. The number of phenols is 1. The third kappa shape index (κ3) is 1.41. The summed E-state index contributed by atoms with van der Waals surface area (Å²) in [5.74, 6) is 0.543. The van der Waals surface area contributed by atoms with Crippen LogP contribution in [-0.4, -0.2) is 46.9 Å². The molecule has 5 rings (SSSR count). The van der Waals surface area contributed by atoms with Gasteiger partial charge in [-0.15, -0.1) is 12.4 Å². The maximum Gasteiger partial charge on any atom is 0.165 e. The Hall–Kier alpha value is -1.23. The molecule has 0 saturated carbocycles. The van der Waals surface area contributed by atoms with Gasteiger partial charge in [-0.2, -0.15) is 0 Å². The number of ether oxygens (including phenoxy) is 1. The van der Waals surface area contributed by atoms with E-state index in [1.54, 1.807) is 17.0 Å². The lowest BCUT2D eigenvalue weighted by molar-refractivity contribution is -0.0453. The van der Waals surface area contributed by atoms with E-state index in [1.165, 1.54) is 0 Å². The Morgan fingerprint density at radius 2 is 2.27 bits per heavy atom. The van der Waals surface area contributed by atoms with Crippen LogP contribution in [0.3, 0.4) is 0 Å². The largest absolute Gasteiger partial charge is 0.504 e. The van der Waals surface area contributed by atoms with Crippen molar-refractivity contribution in [3.8, 4) is 11.5 Å². The number of piperidine rings is 1. The fourth-order valence-electron chi connectivity index (χ4n) is 5.06. The van der Waals surface area contributed by atoms with Crippen LogP contribution in [0.4, 0.5) is 0 Å². The van der Waals surface area contributed by atoms with Crippen molar-refractivity contribution in [2.45, 2.75) is 36.5 Å². The maximum absolute atomic E-state index is 10.5. The average molecular weight is 325 g/mol. The zero-order chi connectivity index (χ0) is 16.9. The van der Waals surface area contributed by atoms with Gasteiger partial charge in [-0.1, -0.05) is 18.2 Å². The number of hydrogen-bond donors (Lipinski definition) is 2. The van der Waals surface area contributed by atoms with Crippen molar-refractivity contribution < 1.29 is 19.1 Å². The molecule has 0 unspecified atom stereocenters. The number of likely N-dealkylation sites (tertiary alicyclic amines) is 1. The first-order valence-corrected chi connectivity index (χ1v) is 7.49. The third-order valence-corrected chi connectivity index (χ3v) is 5.87. The second-order valence-electron chi connectivity index (χ2n) is 6.64. The van der Waals surface area contributed by atoms with Gasteiger partial charge >= 0.3 is 0 Å². The summed E-state index contributed by atoms with van der Waals surface area (Å²) < 4.78 is 29.7. The molecule has 1 aromatic rings. The van der Waals surface area contributed by atoms with E-state index < -0.39 is 24.6 Å². The number of benzene rings is 1. The van der Waals surface area contributed by atoms with Crippen LogP contribution < -0.4 is 4.74 Å². The summed E-state index contributed by atoms with van der Waals surface area (Å²) in [7, 11) is 0. The summed E-state index contributed by atoms with van der Waals surface area (Å²) in [6, 6.07) is 3.33. The Kier molecular flexibility index (Phi) is 2.27. The van der Waals surface area contributed by atoms with Crippen LogP contribution in [0.2, 0.25) is 0 Å². The molecule has 0 radical (unpaired) electrons. The number of aromatic hydroxyl groups is 1. The minimum Gasteiger partial charge on any atom is -0.504 e. The molecule has 2 heterocycles. The molecule has 1 fully saturated rings. The molecule has 4 nitrogen and oxygen atoms in total. The fraction of sp³-hybridized carbons (Fsp3) is 0.529. The van der Waals surface area contributed by atoms with Gasteiger partial charge in [-0.25, -0.2) is 0 Å². The number of nitrogens with zero attached hydrogens (tertiary/aromatic N) is 1. The van der Waals surface area contributed by atoms with Crippen molar-refractivity contribution in [2.75, 3.05) is 13.5 Å². The molecular formula is C17H20ClNO3. The van der Waals surface area contributed by atoms with Gasteiger partial charge in [0.15, 0.2) is 11.5 Å². The van der Waals surface area contributed by atoms with Crippen molar-refractivity contribution in [3.05, 3.63) is 35.4 Å². The van der Waals surface area contributed by atoms with Gasteiger partial charge in [0.1, 0.15) is 12.2 Å². The van der Waals surface area contributed by atoms with E-state index in [4.69, 9.17) is 8.85 Å². The second kappa shape index (κ2) is 4.40. The molecule has 0 amide bonds. The van der Waals surface area contributed by atoms with Crippen LogP contribution in [0.15, 0.2) is 24.3 Å². The normalized spacial score (nSPS) is 43.2. The first-order valence-electron chi connectivity index (χ1n) is 8.99. The lowest BCUT2D eigenvalue weighted by atomic mass is 9.53. The molecule has 2 aliphatic carbocycles. The quantitative estimate of drug-likeness (QED) is 0.712. The van der Waals surface area contributed by atoms with Crippen molar-refractivity contribution >= 4 is 12.4 Å². The van der Waals surface area contributed by atoms with E-state index in [0.717, 1.165) is 11.1 Å². The van der Waals surface area contributed by atoms with Gasteiger partial charge in [0.05, 0.1) is 0 Å². The third-order valence-electron chi connectivity index (χ3n) is 5.87. The Balaban J connectivity index is 0.00000157. The number of halogens is 1. The highest BCUT2D eigenvalue weighted by molar-refractivity contribution is 5.85. The number of aliphatic hydroxyl groups is 1. The maximum atomic E-state index is 10.5. The number of aliphatic hydroxyl groups excluding tert-OH is 1. The Bertz CT molecular complexity index is 768. The summed E-state index contributed by atoms with van der Waals surface area (Å²) in [6.07, 6.45) is 3.69. The van der Waals surface area contributed by atoms with Gasteiger partial charge in [0, 0.05) is 27.1 Å². The van der Waals surface area contributed by atoms with E-state index in [9.17, 15) is 10.2 Å². The van der Waals surface area contributed by atoms with E-state index in [2.05, 4.69) is 0 Å². The molecule has 2 N–H and O–H groups in total. The molecule has 22 heavy (non-hydrogen) atoms. The predicted octanol–water partition coefficient (Wildman–Crippen LogP) is 1.62. The zero-order valence-corrected chi connectivity index (χ0v) is 12.7. The number of rotatable bonds is 0. The van der Waals surface area contributed by atoms with Gasteiger partial charge in [-0.3, -0.25) is 0 Å². The summed E-state index contributed by atoms with van der Waals surface area (Å²) in [5.41, 5.74) is 1.58. The van der Waals surface area contributed by atoms with E-state index >= 15 is 0 Å². The molecule has 2 aliphatic heterocycles. The number of phenolic OH excluding ortho intramolecular Hbond substituents is 1. The molecule has 1 aromatic carbocycles. The van der Waals surface area contributed by atoms with Crippen LogP contribution in [-0.2, 0) is 11.8 Å². The molecular weight excluding hydrogens is 302 g/mol. The number of hydrogen-bond acceptors (Lipinski definition) is 4. The lowest BCUT2D eigenvalue weighted by Gasteiger charge is -2.56. The number of likely N-dealkylation sites (N-methyl/N-ethyl adjacent to an activating group) is 1. The van der Waals surface area contributed by atoms with Gasteiger partial charge in [0.25, 0.3) is 0 Å². The first-order chi connectivity index (χ1) is 11.3. The van der Waals surface area contributed by atoms with Crippen molar-refractivity contribution in [1.82, 2.24) is 4.90 Å². The second-order valence-corrected chi connectivity index (χ2v) is 6.64. The molecule has 2 bridgehead atoms. The highest BCUT2D eigenvalue weighted by Crippen LogP contribution is 2.62. The molecule has 1 saturated heterocycles. The summed E-state index contributed by atoms with van der Waals surface area (Å²) >= 11 is 0. The summed E-state index contributed by atoms with van der Waals surface area (Å²) in [6.45, 7) is -1.70. The van der Waals surface area contributed by atoms with Crippen LogP contribution in [0.1, 0.15) is 21.7 Å². The van der Waals surface area contributed by atoms with Gasteiger partial charge < -0.3 is 19.8 Å². The van der Waals surface area contributed by atoms with E-state index in [-0.39, 0.29) is 30.1 Å². The Morgan fingerprint density at radius 3 is 3.09 bits per heavy atom. The highest BCUT2D eigenvalue weighted by Gasteiger charge is 2.64. The Morgan fingerprint density at radius 1 is 1.41 bits per heavy atom. The zero-order valence-electron chi connectivity index (χ0n) is 14.9. The monoisotopic (exact) mass is 324 g/mol. The molecule has 0 aromatic heterocycles. The standard InChI is InChI=1S/C17H19NO3.ClH/c1-18-7-6-17-10-3-5-13(20)16(17)21-15-12(19)4-2-9(14(15)17)8-11(10)18;/h2-5,10-11,13,16,19-20H,6-8H2,1H3;1H/t10-,11+,13-,16-,17-;/m0./s1/i1D3;. The molecule has 1 spiro atoms. The van der Waals surface area contributed by atoms with E-state index in [0.29, 0.717) is 25.1 Å². The topological polar surface area (TPSA) is 52.9 Å². The van der Waals surface area contributed by atoms with Gasteiger partial charge in [0.2, 0.25) is 0 Å². The molecule has 118 valence electrons. The lowest BCUT2D eigenvalue weighted by Crippen LogP contribution is -2.64. The van der Waals surface area contributed by atoms with Crippen molar-refractivity contribution in [3.63, 3.8) is 0 Å². The highest BCUT2D eigenvalue weighted by atomic mass is 35.5. The summed E-state index contributed by atoms with van der Waals surface area (Å²) in [5, 5.41) is 20.7. The van der Waals surface area contributed by atoms with Gasteiger partial charge in [-0.05, 0) is 38.0 Å². The van der Waals surface area contributed by atoms with Crippen molar-refractivity contribution in [1.29, 1.82) is 0 Å². The van der Waals surface area contributed by atoms with Crippen LogP contribution >= 0.6 is 12.4 Å². The van der Waals surface area contributed by atoms with Crippen LogP contribution in [0.5, 0.6) is 11.5 Å². The smallest absolute Gasteiger partial charge is 0.165 e. The SMILES string of the molecule is Cl.[2H]C([2H])([2H])N1CC[C@]23c4c5ccc(O)c4O[C@H]2[C@@H](O)C=C[C@H]3[C@H]1C5. The summed E-state index contributed by atoms with van der Waals surface area (Å²) in [4.78, 5) is 1.62.